The van der Waals surface area contributed by atoms with Gasteiger partial charge in [-0.1, -0.05) is 18.1 Å². The molecule has 1 heterocycles. The van der Waals surface area contributed by atoms with Crippen LogP contribution in [0.25, 0.3) is 0 Å². The third-order valence-electron chi connectivity index (χ3n) is 4.03. The Morgan fingerprint density at radius 3 is 2.59 bits per heavy atom. The highest BCUT2D eigenvalue weighted by atomic mass is 32.2. The van der Waals surface area contributed by atoms with Crippen molar-refractivity contribution in [3.05, 3.63) is 71.6 Å². The number of hydrogen-bond acceptors (Lipinski definition) is 6. The van der Waals surface area contributed by atoms with Crippen molar-refractivity contribution in [2.45, 2.75) is 24.8 Å². The maximum Gasteiger partial charge on any atom is 0.261 e. The van der Waals surface area contributed by atoms with Crippen molar-refractivity contribution in [1.29, 1.82) is 0 Å². The van der Waals surface area contributed by atoms with Gasteiger partial charge in [0.05, 0.1) is 11.4 Å². The van der Waals surface area contributed by atoms with Crippen LogP contribution in [0.5, 0.6) is 0 Å². The van der Waals surface area contributed by atoms with Gasteiger partial charge in [-0.25, -0.2) is 12.8 Å². The van der Waals surface area contributed by atoms with Gasteiger partial charge in [0.25, 0.3) is 15.9 Å². The van der Waals surface area contributed by atoms with Gasteiger partial charge in [0.15, 0.2) is 5.82 Å². The van der Waals surface area contributed by atoms with E-state index in [9.17, 15) is 17.6 Å². The standard InChI is InChI=1S/C19H19FN4O4S/c1-3-17-21-18(28-22-17)12-24(2)19(25)13-5-4-6-16(11-13)29(26,27)23-15-9-7-14(20)8-10-15/h4-11,23H,3,12H2,1-2H3. The van der Waals surface area contributed by atoms with Crippen LogP contribution in [0.3, 0.4) is 0 Å². The third kappa shape index (κ3) is 4.96. The second kappa shape index (κ2) is 8.39. The van der Waals surface area contributed by atoms with Crippen LogP contribution in [0.4, 0.5) is 10.1 Å². The zero-order valence-corrected chi connectivity index (χ0v) is 16.6. The summed E-state index contributed by atoms with van der Waals surface area (Å²) in [6.07, 6.45) is 0.613. The van der Waals surface area contributed by atoms with Crippen molar-refractivity contribution in [3.63, 3.8) is 0 Å². The van der Waals surface area contributed by atoms with Gasteiger partial charge >= 0.3 is 0 Å². The molecule has 10 heteroatoms. The van der Waals surface area contributed by atoms with Gasteiger partial charge in [0, 0.05) is 24.7 Å². The predicted molar refractivity (Wildman–Crippen MR) is 103 cm³/mol. The third-order valence-corrected chi connectivity index (χ3v) is 5.41. The first kappa shape index (κ1) is 20.5. The molecule has 8 nitrogen and oxygen atoms in total. The van der Waals surface area contributed by atoms with E-state index < -0.39 is 21.7 Å². The molecule has 1 aromatic heterocycles. The fourth-order valence-electron chi connectivity index (χ4n) is 2.52. The molecule has 0 radical (unpaired) electrons. The Hall–Kier alpha value is -3.27. The van der Waals surface area contributed by atoms with E-state index in [1.807, 2.05) is 6.92 Å². The highest BCUT2D eigenvalue weighted by Crippen LogP contribution is 2.18. The highest BCUT2D eigenvalue weighted by molar-refractivity contribution is 7.92. The van der Waals surface area contributed by atoms with E-state index in [4.69, 9.17) is 4.52 Å². The fraction of sp³-hybridized carbons (Fsp3) is 0.211. The molecule has 1 amide bonds. The molecule has 152 valence electrons. The Kier molecular flexibility index (Phi) is 5.92. The molecule has 0 atom stereocenters. The van der Waals surface area contributed by atoms with E-state index in [1.54, 1.807) is 7.05 Å². The predicted octanol–water partition coefficient (Wildman–Crippen LogP) is 2.84. The zero-order valence-electron chi connectivity index (χ0n) is 15.8. The Bertz CT molecular complexity index is 1110. The van der Waals surface area contributed by atoms with Gasteiger partial charge in [-0.2, -0.15) is 4.98 Å². The first-order chi connectivity index (χ1) is 13.8. The highest BCUT2D eigenvalue weighted by Gasteiger charge is 2.19. The molecule has 0 aliphatic heterocycles. The average molecular weight is 418 g/mol. The summed E-state index contributed by atoms with van der Waals surface area (Å²) in [5, 5.41) is 3.78. The SMILES string of the molecule is CCc1noc(CN(C)C(=O)c2cccc(S(=O)(=O)Nc3ccc(F)cc3)c2)n1. The van der Waals surface area contributed by atoms with E-state index >= 15 is 0 Å². The van der Waals surface area contributed by atoms with Gasteiger partial charge < -0.3 is 9.42 Å². The summed E-state index contributed by atoms with van der Waals surface area (Å²) in [7, 11) is -2.40. The molecule has 29 heavy (non-hydrogen) atoms. The second-order valence-corrected chi connectivity index (χ2v) is 7.94. The van der Waals surface area contributed by atoms with Gasteiger partial charge in [-0.3, -0.25) is 9.52 Å². The van der Waals surface area contributed by atoms with Gasteiger partial charge in [-0.05, 0) is 42.5 Å². The molecule has 3 aromatic rings. The smallest absolute Gasteiger partial charge is 0.261 e. The Balaban J connectivity index is 1.76. The molecule has 0 fully saturated rings. The number of halogens is 1. The maximum atomic E-state index is 13.0. The van der Waals surface area contributed by atoms with Gasteiger partial charge in [0.1, 0.15) is 5.82 Å². The molecule has 3 rings (SSSR count). The van der Waals surface area contributed by atoms with Crippen LogP contribution in [0.1, 0.15) is 29.0 Å². The first-order valence-corrected chi connectivity index (χ1v) is 10.2. The van der Waals surface area contributed by atoms with E-state index in [-0.39, 0.29) is 22.7 Å². The molecular formula is C19H19FN4O4S. The zero-order chi connectivity index (χ0) is 21.0. The number of aromatic nitrogens is 2. The summed E-state index contributed by atoms with van der Waals surface area (Å²) in [4.78, 5) is 18.1. The minimum Gasteiger partial charge on any atom is -0.337 e. The van der Waals surface area contributed by atoms with Crippen molar-refractivity contribution in [2.24, 2.45) is 0 Å². The summed E-state index contributed by atoms with van der Waals surface area (Å²) in [6, 6.07) is 10.5. The number of nitrogens with one attached hydrogen (secondary N) is 1. The number of sulfonamides is 1. The summed E-state index contributed by atoms with van der Waals surface area (Å²) < 4.78 is 45.6. The molecule has 2 aromatic carbocycles. The van der Waals surface area contributed by atoms with E-state index in [2.05, 4.69) is 14.9 Å². The second-order valence-electron chi connectivity index (χ2n) is 6.26. The molecule has 0 bridgehead atoms. The summed E-state index contributed by atoms with van der Waals surface area (Å²) in [5.74, 6) is -0.0452. The lowest BCUT2D eigenvalue weighted by atomic mass is 10.2. The minimum absolute atomic E-state index is 0.0906. The summed E-state index contributed by atoms with van der Waals surface area (Å²) in [5.41, 5.74) is 0.396. The minimum atomic E-state index is -3.95. The average Bonchev–Trinajstić information content (AvgIpc) is 3.16. The van der Waals surface area contributed by atoms with E-state index in [0.717, 1.165) is 12.1 Å². The molecule has 0 saturated carbocycles. The lowest BCUT2D eigenvalue weighted by molar-refractivity contribution is 0.0769. The van der Waals surface area contributed by atoms with E-state index in [0.29, 0.717) is 18.1 Å². The summed E-state index contributed by atoms with van der Waals surface area (Å²) in [6.45, 7) is 1.98. The number of aryl methyl sites for hydroxylation is 1. The molecule has 1 N–H and O–H groups in total. The van der Waals surface area contributed by atoms with Crippen molar-refractivity contribution in [1.82, 2.24) is 15.0 Å². The molecule has 0 saturated heterocycles. The maximum absolute atomic E-state index is 13.0. The van der Waals surface area contributed by atoms with Crippen LogP contribution in [0, 0.1) is 5.82 Å². The van der Waals surface area contributed by atoms with Gasteiger partial charge in [-0.15, -0.1) is 0 Å². The number of rotatable bonds is 7. The van der Waals surface area contributed by atoms with E-state index in [1.165, 1.54) is 41.3 Å². The molecular weight excluding hydrogens is 399 g/mol. The number of hydrogen-bond donors (Lipinski definition) is 1. The van der Waals surface area contributed by atoms with Crippen LogP contribution in [0.15, 0.2) is 57.9 Å². The number of anilines is 1. The van der Waals surface area contributed by atoms with Crippen LogP contribution in [-0.2, 0) is 23.0 Å². The van der Waals surface area contributed by atoms with Crippen LogP contribution >= 0.6 is 0 Å². The van der Waals surface area contributed by atoms with Gasteiger partial charge in [0.2, 0.25) is 5.89 Å². The number of nitrogens with zero attached hydrogens (tertiary/aromatic N) is 3. The van der Waals surface area contributed by atoms with Crippen molar-refractivity contribution < 1.29 is 22.1 Å². The van der Waals surface area contributed by atoms with Crippen molar-refractivity contribution >= 4 is 21.6 Å². The lowest BCUT2D eigenvalue weighted by Gasteiger charge is -2.15. The fourth-order valence-corrected chi connectivity index (χ4v) is 3.63. The first-order valence-electron chi connectivity index (χ1n) is 8.74. The van der Waals surface area contributed by atoms with Crippen LogP contribution in [-0.4, -0.2) is 36.4 Å². The molecule has 0 aliphatic rings. The normalized spacial score (nSPS) is 11.3. The van der Waals surface area contributed by atoms with Crippen molar-refractivity contribution in [2.75, 3.05) is 11.8 Å². The van der Waals surface area contributed by atoms with Crippen LogP contribution < -0.4 is 4.72 Å². The largest absolute Gasteiger partial charge is 0.337 e. The number of amides is 1. The molecule has 0 aliphatic carbocycles. The molecule has 0 unspecified atom stereocenters. The Morgan fingerprint density at radius 1 is 1.21 bits per heavy atom. The van der Waals surface area contributed by atoms with Crippen molar-refractivity contribution in [3.8, 4) is 0 Å². The number of benzene rings is 2. The molecule has 0 spiro atoms. The topological polar surface area (TPSA) is 105 Å². The Labute approximate surface area is 167 Å². The quantitative estimate of drug-likeness (QED) is 0.633. The number of carbonyl (C=O) groups is 1. The monoisotopic (exact) mass is 418 g/mol. The summed E-state index contributed by atoms with van der Waals surface area (Å²) >= 11 is 0. The Morgan fingerprint density at radius 2 is 1.93 bits per heavy atom. The van der Waals surface area contributed by atoms with Crippen LogP contribution in [0.2, 0.25) is 0 Å². The number of carbonyl (C=O) groups excluding carboxylic acids is 1. The lowest BCUT2D eigenvalue weighted by Crippen LogP contribution is -2.26.